The number of rotatable bonds is 4. The smallest absolute Gasteiger partial charge is 0.0547 e. The number of nitrogens with zero attached hydrogens (tertiary/aromatic N) is 1. The molecule has 0 amide bonds. The van der Waals surface area contributed by atoms with Crippen LogP contribution in [0.1, 0.15) is 0 Å². The summed E-state index contributed by atoms with van der Waals surface area (Å²) < 4.78 is 2.43. The summed E-state index contributed by atoms with van der Waals surface area (Å²) >= 11 is 0. The van der Waals surface area contributed by atoms with Gasteiger partial charge in [-0.15, -0.1) is 0 Å². The molecule has 1 aromatic heterocycles. The van der Waals surface area contributed by atoms with E-state index in [-0.39, 0.29) is 0 Å². The summed E-state index contributed by atoms with van der Waals surface area (Å²) in [4.78, 5) is 0. The molecule has 0 aliphatic carbocycles. The summed E-state index contributed by atoms with van der Waals surface area (Å²) in [5.74, 6) is 0. The molecule has 18 rings (SSSR count). The summed E-state index contributed by atoms with van der Waals surface area (Å²) in [5.41, 5.74) is 10.8. The minimum absolute atomic E-state index is 1.16. The van der Waals surface area contributed by atoms with Crippen LogP contribution in [0.15, 0.2) is 285 Å². The van der Waals surface area contributed by atoms with Crippen molar-refractivity contribution < 1.29 is 0 Å². The normalized spacial score (nSPS) is 12.2. The Labute approximate surface area is 466 Å². The van der Waals surface area contributed by atoms with Gasteiger partial charge in [-0.05, 0) is 231 Å². The van der Waals surface area contributed by atoms with Crippen LogP contribution < -0.4 is 0 Å². The largest absolute Gasteiger partial charge is 0.309 e. The third kappa shape index (κ3) is 6.55. The van der Waals surface area contributed by atoms with Gasteiger partial charge in [0.2, 0.25) is 0 Å². The van der Waals surface area contributed by atoms with E-state index in [4.69, 9.17) is 0 Å². The average Bonchev–Trinajstić information content (AvgIpc) is 3.94. The first kappa shape index (κ1) is 44.4. The Morgan fingerprint density at radius 1 is 0.173 bits per heavy atom. The standard InChI is InChI=1S/C80H47N/c1-2-22-58(23-3-1)81-77-29-15-14-27-64(77)65-37-34-57(45-78(65)81)68-47-76-71-41-54(33-36-63(71)70-40-51-19-7-8-20-52(51)42-73(70)79(76)66-28-13-12-26-61(66)68)55-32-35-62-67(56-31-30-48-16-4-5-17-49(48)38-56)46-75-60-25-11-10-24-59(60)69-39-50-18-6-9-21-53(50)43-74(69)80(75)72(62)44-55/h1-47H. The SMILES string of the molecule is c1ccc(-n2c3ccccc3c3ccc(-c4cc5c6cc(-c7ccc8c(-c9ccc%10ccccc%10c9)cc9c%10ccccc%10c%10cc%11ccccc%11cc%10c9c8c7)ccc6c6cc7ccccc7cc6c5c5ccccc45)cc32)cc1. The Hall–Kier alpha value is -10.6. The second-order valence-electron chi connectivity index (χ2n) is 22.3. The minimum atomic E-state index is 1.16. The Balaban J connectivity index is 0.940. The molecule has 372 valence electrons. The zero-order valence-electron chi connectivity index (χ0n) is 44.1. The van der Waals surface area contributed by atoms with Crippen LogP contribution in [0, 0.1) is 0 Å². The third-order valence-electron chi connectivity index (χ3n) is 18.0. The van der Waals surface area contributed by atoms with Crippen LogP contribution in [-0.2, 0) is 0 Å². The predicted molar refractivity (Wildman–Crippen MR) is 350 cm³/mol. The number of hydrogen-bond donors (Lipinski definition) is 0. The average molecular weight is 1020 g/mol. The van der Waals surface area contributed by atoms with Gasteiger partial charge < -0.3 is 4.57 Å². The zero-order valence-corrected chi connectivity index (χ0v) is 44.1. The maximum absolute atomic E-state index is 2.51. The van der Waals surface area contributed by atoms with Gasteiger partial charge >= 0.3 is 0 Å². The molecule has 81 heavy (non-hydrogen) atoms. The molecule has 1 heteroatoms. The van der Waals surface area contributed by atoms with E-state index >= 15 is 0 Å². The van der Waals surface area contributed by atoms with E-state index in [2.05, 4.69) is 290 Å². The molecule has 0 saturated heterocycles. The van der Waals surface area contributed by atoms with Crippen LogP contribution in [0.2, 0.25) is 0 Å². The van der Waals surface area contributed by atoms with Crippen molar-refractivity contribution >= 4 is 140 Å². The molecule has 0 saturated carbocycles. The van der Waals surface area contributed by atoms with Gasteiger partial charge in [-0.3, -0.25) is 0 Å². The van der Waals surface area contributed by atoms with Crippen molar-refractivity contribution in [1.82, 2.24) is 4.57 Å². The fourth-order valence-electron chi connectivity index (χ4n) is 14.3. The third-order valence-corrected chi connectivity index (χ3v) is 18.0. The van der Waals surface area contributed by atoms with Crippen molar-refractivity contribution in [1.29, 1.82) is 0 Å². The van der Waals surface area contributed by atoms with Crippen molar-refractivity contribution in [2.24, 2.45) is 0 Å². The molecule has 18 aromatic rings. The molecular formula is C80H47N. The number of aromatic nitrogens is 1. The van der Waals surface area contributed by atoms with E-state index in [0.717, 1.165) is 5.69 Å². The molecule has 0 spiro atoms. The lowest BCUT2D eigenvalue weighted by molar-refractivity contribution is 1.18. The Bertz CT molecular complexity index is 5760. The van der Waals surface area contributed by atoms with Gasteiger partial charge in [-0.1, -0.05) is 206 Å². The molecule has 0 fully saturated rings. The summed E-state index contributed by atoms with van der Waals surface area (Å²) in [5, 5.41) is 30.2. The number of fused-ring (bicyclic) bond motifs is 22. The van der Waals surface area contributed by atoms with Crippen molar-refractivity contribution in [3.8, 4) is 39.1 Å². The number of benzene rings is 17. The molecule has 0 unspecified atom stereocenters. The minimum Gasteiger partial charge on any atom is -0.309 e. The highest BCUT2D eigenvalue weighted by molar-refractivity contribution is 6.36. The topological polar surface area (TPSA) is 4.93 Å². The molecule has 1 heterocycles. The van der Waals surface area contributed by atoms with Gasteiger partial charge in [0, 0.05) is 16.5 Å². The van der Waals surface area contributed by atoms with Gasteiger partial charge in [0.15, 0.2) is 0 Å². The van der Waals surface area contributed by atoms with Gasteiger partial charge in [0.1, 0.15) is 0 Å². The molecule has 17 aromatic carbocycles. The maximum Gasteiger partial charge on any atom is 0.0547 e. The molecule has 0 aliphatic heterocycles. The highest BCUT2D eigenvalue weighted by Gasteiger charge is 2.21. The second-order valence-corrected chi connectivity index (χ2v) is 22.3. The van der Waals surface area contributed by atoms with Crippen molar-refractivity contribution in [3.05, 3.63) is 285 Å². The van der Waals surface area contributed by atoms with Crippen molar-refractivity contribution in [3.63, 3.8) is 0 Å². The van der Waals surface area contributed by atoms with Crippen LogP contribution in [0.3, 0.4) is 0 Å². The first-order valence-corrected chi connectivity index (χ1v) is 28.2. The van der Waals surface area contributed by atoms with E-state index in [1.807, 2.05) is 0 Å². The number of hydrogen-bond acceptors (Lipinski definition) is 0. The van der Waals surface area contributed by atoms with E-state index in [1.165, 1.54) is 174 Å². The molecule has 0 atom stereocenters. The van der Waals surface area contributed by atoms with Crippen molar-refractivity contribution in [2.75, 3.05) is 0 Å². The molecule has 0 aliphatic rings. The van der Waals surface area contributed by atoms with E-state index in [1.54, 1.807) is 0 Å². The van der Waals surface area contributed by atoms with Crippen LogP contribution in [0.4, 0.5) is 0 Å². The van der Waals surface area contributed by atoms with Crippen LogP contribution in [0.25, 0.3) is 179 Å². The summed E-state index contributed by atoms with van der Waals surface area (Å²) in [6.07, 6.45) is 0. The summed E-state index contributed by atoms with van der Waals surface area (Å²) in [6, 6.07) is 108. The summed E-state index contributed by atoms with van der Waals surface area (Å²) in [6.45, 7) is 0. The van der Waals surface area contributed by atoms with E-state index < -0.39 is 0 Å². The maximum atomic E-state index is 2.51. The predicted octanol–water partition coefficient (Wildman–Crippen LogP) is 22.5. The molecule has 0 radical (unpaired) electrons. The molecule has 0 N–H and O–H groups in total. The lowest BCUT2D eigenvalue weighted by Gasteiger charge is -2.19. The molecule has 0 bridgehead atoms. The highest BCUT2D eigenvalue weighted by atomic mass is 15.0. The van der Waals surface area contributed by atoms with Crippen LogP contribution in [-0.4, -0.2) is 4.57 Å². The van der Waals surface area contributed by atoms with Crippen molar-refractivity contribution in [2.45, 2.75) is 0 Å². The van der Waals surface area contributed by atoms with Gasteiger partial charge in [0.05, 0.1) is 11.0 Å². The Kier molecular flexibility index (Phi) is 9.29. The lowest BCUT2D eigenvalue weighted by atomic mass is 9.84. The fourth-order valence-corrected chi connectivity index (χ4v) is 14.3. The van der Waals surface area contributed by atoms with Crippen LogP contribution >= 0.6 is 0 Å². The van der Waals surface area contributed by atoms with E-state index in [9.17, 15) is 0 Å². The van der Waals surface area contributed by atoms with E-state index in [0.29, 0.717) is 0 Å². The monoisotopic (exact) mass is 1020 g/mol. The highest BCUT2D eigenvalue weighted by Crippen LogP contribution is 2.49. The Morgan fingerprint density at radius 2 is 0.543 bits per heavy atom. The van der Waals surface area contributed by atoms with Gasteiger partial charge in [0.25, 0.3) is 0 Å². The quantitative estimate of drug-likeness (QED) is 0.122. The number of para-hydroxylation sites is 2. The van der Waals surface area contributed by atoms with Crippen LogP contribution in [0.5, 0.6) is 0 Å². The first-order valence-electron chi connectivity index (χ1n) is 28.2. The second kappa shape index (κ2) is 17.0. The first-order chi connectivity index (χ1) is 40.1. The lowest BCUT2D eigenvalue weighted by Crippen LogP contribution is -1.93. The summed E-state index contributed by atoms with van der Waals surface area (Å²) in [7, 11) is 0. The Morgan fingerprint density at radius 3 is 1.21 bits per heavy atom. The zero-order chi connectivity index (χ0) is 52.9. The van der Waals surface area contributed by atoms with Gasteiger partial charge in [-0.2, -0.15) is 0 Å². The molecule has 1 nitrogen and oxygen atoms in total. The fraction of sp³-hybridized carbons (Fsp3) is 0. The molecular weight excluding hydrogens is 975 g/mol. The van der Waals surface area contributed by atoms with Gasteiger partial charge in [-0.25, -0.2) is 0 Å².